The van der Waals surface area contributed by atoms with Crippen molar-refractivity contribution in [3.63, 3.8) is 0 Å². The van der Waals surface area contributed by atoms with E-state index < -0.39 is 48.8 Å². The fraction of sp³-hybridized carbons (Fsp3) is 0.556. The van der Waals surface area contributed by atoms with Crippen molar-refractivity contribution in [3.8, 4) is 0 Å². The van der Waals surface area contributed by atoms with Crippen LogP contribution >= 0.6 is 0 Å². The summed E-state index contributed by atoms with van der Waals surface area (Å²) in [5, 5.41) is 36.4. The van der Waals surface area contributed by atoms with Crippen molar-refractivity contribution in [1.82, 2.24) is 5.32 Å². The molecule has 0 saturated carbocycles. The van der Waals surface area contributed by atoms with E-state index in [9.17, 15) is 19.2 Å². The quantitative estimate of drug-likeness (QED) is 0.344. The maximum atomic E-state index is 10.8. The van der Waals surface area contributed by atoms with Crippen LogP contribution in [0.4, 0.5) is 0 Å². The van der Waals surface area contributed by atoms with Gasteiger partial charge in [0.15, 0.2) is 0 Å². The van der Waals surface area contributed by atoms with E-state index in [1.807, 2.05) is 0 Å². The minimum absolute atomic E-state index is 0.339. The molecule has 18 heavy (non-hydrogen) atoms. The normalized spacial score (nSPS) is 13.6. The first-order valence-corrected chi connectivity index (χ1v) is 4.89. The summed E-state index contributed by atoms with van der Waals surface area (Å²) >= 11 is 0. The summed E-state index contributed by atoms with van der Waals surface area (Å²) in [6, 6.07) is -3.01. The molecular formula is C9H13NO8. The maximum Gasteiger partial charge on any atom is 0.321 e. The molecular weight excluding hydrogens is 250 g/mol. The SMILES string of the molecule is O=C(O)CCC(N[C@@H](CC(=O)O)C(=O)O)C(=O)O. The summed E-state index contributed by atoms with van der Waals surface area (Å²) in [5.74, 6) is -5.59. The molecule has 0 heterocycles. The number of carboxylic acid groups (broad SMARTS) is 4. The van der Waals surface area contributed by atoms with Gasteiger partial charge >= 0.3 is 23.9 Å². The van der Waals surface area contributed by atoms with Crippen LogP contribution in [0.3, 0.4) is 0 Å². The Hall–Kier alpha value is -2.16. The number of aliphatic carboxylic acids is 4. The predicted molar refractivity (Wildman–Crippen MR) is 55.1 cm³/mol. The van der Waals surface area contributed by atoms with Crippen LogP contribution in [-0.2, 0) is 19.2 Å². The van der Waals surface area contributed by atoms with E-state index in [1.165, 1.54) is 0 Å². The number of hydrogen-bond acceptors (Lipinski definition) is 5. The molecule has 0 radical (unpaired) electrons. The molecule has 0 bridgehead atoms. The Labute approximate surface area is 101 Å². The van der Waals surface area contributed by atoms with Gasteiger partial charge in [-0.1, -0.05) is 0 Å². The summed E-state index contributed by atoms with van der Waals surface area (Å²) in [6.07, 6.45) is -1.61. The third kappa shape index (κ3) is 6.43. The van der Waals surface area contributed by atoms with E-state index in [1.54, 1.807) is 0 Å². The molecule has 0 aliphatic rings. The number of hydrogen-bond donors (Lipinski definition) is 5. The van der Waals surface area contributed by atoms with Crippen LogP contribution in [0.15, 0.2) is 0 Å². The molecule has 102 valence electrons. The standard InChI is InChI=1S/C9H13NO8/c11-6(12)2-1-4(8(15)16)10-5(9(17)18)3-7(13)14/h4-5,10H,1-3H2,(H,11,12)(H,13,14)(H,15,16)(H,17,18)/t4?,5-/m0/s1. The molecule has 1 unspecified atom stereocenters. The van der Waals surface area contributed by atoms with E-state index in [0.29, 0.717) is 0 Å². The summed E-state index contributed by atoms with van der Waals surface area (Å²) in [4.78, 5) is 42.1. The van der Waals surface area contributed by atoms with E-state index >= 15 is 0 Å². The van der Waals surface area contributed by atoms with Gasteiger partial charge in [0, 0.05) is 6.42 Å². The number of carbonyl (C=O) groups is 4. The second-order valence-electron chi connectivity index (χ2n) is 3.48. The van der Waals surface area contributed by atoms with Gasteiger partial charge in [0.25, 0.3) is 0 Å². The van der Waals surface area contributed by atoms with Gasteiger partial charge in [-0.05, 0) is 6.42 Å². The lowest BCUT2D eigenvalue weighted by Crippen LogP contribution is -2.48. The van der Waals surface area contributed by atoms with Gasteiger partial charge in [0.1, 0.15) is 12.1 Å². The zero-order valence-electron chi connectivity index (χ0n) is 9.20. The molecule has 0 amide bonds. The van der Waals surface area contributed by atoms with Gasteiger partial charge in [0.2, 0.25) is 0 Å². The Morgan fingerprint density at radius 3 is 1.67 bits per heavy atom. The Kier molecular flexibility index (Phi) is 6.35. The smallest absolute Gasteiger partial charge is 0.321 e. The van der Waals surface area contributed by atoms with Crippen molar-refractivity contribution in [2.24, 2.45) is 0 Å². The van der Waals surface area contributed by atoms with E-state index in [0.717, 1.165) is 0 Å². The van der Waals surface area contributed by atoms with Gasteiger partial charge in [-0.15, -0.1) is 0 Å². The van der Waals surface area contributed by atoms with Gasteiger partial charge in [-0.3, -0.25) is 24.5 Å². The average Bonchev–Trinajstić information content (AvgIpc) is 2.20. The zero-order chi connectivity index (χ0) is 14.3. The second kappa shape index (κ2) is 7.22. The summed E-state index contributed by atoms with van der Waals surface area (Å²) in [6.45, 7) is 0. The summed E-state index contributed by atoms with van der Waals surface area (Å²) in [7, 11) is 0. The van der Waals surface area contributed by atoms with Crippen molar-refractivity contribution in [3.05, 3.63) is 0 Å². The van der Waals surface area contributed by atoms with Gasteiger partial charge < -0.3 is 20.4 Å². The molecule has 0 saturated heterocycles. The summed E-state index contributed by atoms with van der Waals surface area (Å²) in [5.41, 5.74) is 0. The lowest BCUT2D eigenvalue weighted by Gasteiger charge is -2.18. The molecule has 5 N–H and O–H groups in total. The monoisotopic (exact) mass is 263 g/mol. The second-order valence-corrected chi connectivity index (χ2v) is 3.48. The zero-order valence-corrected chi connectivity index (χ0v) is 9.20. The molecule has 0 spiro atoms. The third-order valence-electron chi connectivity index (χ3n) is 2.02. The molecule has 0 aliphatic heterocycles. The van der Waals surface area contributed by atoms with Crippen LogP contribution in [0.5, 0.6) is 0 Å². The van der Waals surface area contributed by atoms with Crippen molar-refractivity contribution >= 4 is 23.9 Å². The van der Waals surface area contributed by atoms with E-state index in [2.05, 4.69) is 5.32 Å². The molecule has 0 aromatic heterocycles. The first-order valence-electron chi connectivity index (χ1n) is 4.89. The molecule has 9 nitrogen and oxygen atoms in total. The number of nitrogens with one attached hydrogen (secondary N) is 1. The lowest BCUT2D eigenvalue weighted by atomic mass is 10.1. The Balaban J connectivity index is 4.60. The molecule has 0 aromatic carbocycles. The van der Waals surface area contributed by atoms with Gasteiger partial charge in [0.05, 0.1) is 6.42 Å². The number of rotatable bonds is 9. The Morgan fingerprint density at radius 2 is 1.33 bits per heavy atom. The lowest BCUT2D eigenvalue weighted by molar-refractivity contribution is -0.148. The predicted octanol–water partition coefficient (Wildman–Crippen LogP) is -1.18. The average molecular weight is 263 g/mol. The minimum atomic E-state index is -1.59. The topological polar surface area (TPSA) is 161 Å². The highest BCUT2D eigenvalue weighted by Crippen LogP contribution is 2.02. The molecule has 0 rings (SSSR count). The minimum Gasteiger partial charge on any atom is -0.481 e. The van der Waals surface area contributed by atoms with E-state index in [4.69, 9.17) is 20.4 Å². The van der Waals surface area contributed by atoms with Crippen LogP contribution in [0.2, 0.25) is 0 Å². The first-order chi connectivity index (χ1) is 8.23. The highest BCUT2D eigenvalue weighted by molar-refractivity contribution is 5.82. The Bertz CT molecular complexity index is 352. The van der Waals surface area contributed by atoms with Crippen molar-refractivity contribution < 1.29 is 39.6 Å². The fourth-order valence-electron chi connectivity index (χ4n) is 1.18. The fourth-order valence-corrected chi connectivity index (χ4v) is 1.18. The van der Waals surface area contributed by atoms with Gasteiger partial charge in [-0.2, -0.15) is 0 Å². The van der Waals surface area contributed by atoms with E-state index in [-0.39, 0.29) is 6.42 Å². The van der Waals surface area contributed by atoms with Crippen LogP contribution in [0.25, 0.3) is 0 Å². The Morgan fingerprint density at radius 1 is 0.833 bits per heavy atom. The molecule has 0 fully saturated rings. The molecule has 0 aliphatic carbocycles. The van der Waals surface area contributed by atoms with Crippen molar-refractivity contribution in [1.29, 1.82) is 0 Å². The van der Waals surface area contributed by atoms with Gasteiger partial charge in [-0.25, -0.2) is 0 Å². The molecule has 0 aromatic rings. The molecule has 9 heteroatoms. The van der Waals surface area contributed by atoms with Crippen LogP contribution in [0, 0.1) is 0 Å². The highest BCUT2D eigenvalue weighted by Gasteiger charge is 2.28. The van der Waals surface area contributed by atoms with Crippen LogP contribution in [-0.4, -0.2) is 56.4 Å². The first kappa shape index (κ1) is 15.8. The third-order valence-corrected chi connectivity index (χ3v) is 2.02. The highest BCUT2D eigenvalue weighted by atomic mass is 16.4. The van der Waals surface area contributed by atoms with Crippen molar-refractivity contribution in [2.75, 3.05) is 0 Å². The molecule has 2 atom stereocenters. The maximum absolute atomic E-state index is 10.8. The largest absolute Gasteiger partial charge is 0.481 e. The number of carboxylic acids is 4. The van der Waals surface area contributed by atoms with Crippen LogP contribution < -0.4 is 5.32 Å². The van der Waals surface area contributed by atoms with Crippen LogP contribution in [0.1, 0.15) is 19.3 Å². The summed E-state index contributed by atoms with van der Waals surface area (Å²) < 4.78 is 0. The van der Waals surface area contributed by atoms with Crippen molar-refractivity contribution in [2.45, 2.75) is 31.3 Å².